The van der Waals surface area contributed by atoms with Crippen LogP contribution in [0.25, 0.3) is 0 Å². The lowest BCUT2D eigenvalue weighted by atomic mass is 10.2. The summed E-state index contributed by atoms with van der Waals surface area (Å²) < 4.78 is 5.52. The Morgan fingerprint density at radius 2 is 2.35 bits per heavy atom. The summed E-state index contributed by atoms with van der Waals surface area (Å²) in [5, 5.41) is 0.0265. The van der Waals surface area contributed by atoms with Gasteiger partial charge in [-0.15, -0.1) is 0 Å². The Morgan fingerprint density at radius 1 is 1.53 bits per heavy atom. The van der Waals surface area contributed by atoms with Gasteiger partial charge in [-0.1, -0.05) is 18.7 Å². The van der Waals surface area contributed by atoms with Crippen molar-refractivity contribution in [1.82, 2.24) is 9.80 Å². The third kappa shape index (κ3) is 3.13. The number of hydrogen-bond acceptors (Lipinski definition) is 4. The van der Waals surface area contributed by atoms with Gasteiger partial charge in [0.25, 0.3) is 5.24 Å². The van der Waals surface area contributed by atoms with Crippen molar-refractivity contribution in [3.8, 4) is 0 Å². The van der Waals surface area contributed by atoms with Crippen molar-refractivity contribution < 1.29 is 14.3 Å². The molecule has 0 aromatic carbocycles. The molecule has 2 aliphatic heterocycles. The van der Waals surface area contributed by atoms with Crippen LogP contribution >= 0.6 is 11.8 Å². The summed E-state index contributed by atoms with van der Waals surface area (Å²) in [7, 11) is 0. The van der Waals surface area contributed by atoms with Crippen molar-refractivity contribution in [2.45, 2.75) is 19.4 Å². The van der Waals surface area contributed by atoms with E-state index < -0.39 is 0 Å². The highest BCUT2D eigenvalue weighted by atomic mass is 32.2. The van der Waals surface area contributed by atoms with Gasteiger partial charge in [-0.05, 0) is 6.42 Å². The highest BCUT2D eigenvalue weighted by Gasteiger charge is 2.28. The van der Waals surface area contributed by atoms with Crippen molar-refractivity contribution in [3.63, 3.8) is 0 Å². The van der Waals surface area contributed by atoms with Crippen LogP contribution < -0.4 is 0 Å². The first-order valence-corrected chi connectivity index (χ1v) is 7.00. The number of nitrogens with zero attached hydrogens (tertiary/aromatic N) is 2. The van der Waals surface area contributed by atoms with E-state index in [2.05, 4.69) is 6.92 Å². The molecule has 1 atom stereocenters. The van der Waals surface area contributed by atoms with Crippen LogP contribution in [0.2, 0.25) is 0 Å². The molecule has 2 saturated heterocycles. The third-order valence-corrected chi connectivity index (χ3v) is 4.01. The zero-order chi connectivity index (χ0) is 12.3. The molecular weight excluding hydrogens is 240 g/mol. The van der Waals surface area contributed by atoms with E-state index >= 15 is 0 Å². The fourth-order valence-corrected chi connectivity index (χ4v) is 2.85. The molecule has 2 aliphatic rings. The van der Waals surface area contributed by atoms with E-state index in [9.17, 15) is 9.59 Å². The second kappa shape index (κ2) is 5.73. The third-order valence-electron chi connectivity index (χ3n) is 3.12. The molecule has 2 rings (SSSR count). The van der Waals surface area contributed by atoms with Crippen molar-refractivity contribution in [1.29, 1.82) is 0 Å². The first-order valence-electron chi connectivity index (χ1n) is 6.01. The van der Waals surface area contributed by atoms with Gasteiger partial charge in [0.15, 0.2) is 0 Å². The summed E-state index contributed by atoms with van der Waals surface area (Å²) in [5.74, 6) is 0.842. The van der Waals surface area contributed by atoms with Crippen LogP contribution in [0, 0.1) is 0 Å². The molecule has 0 aromatic rings. The highest BCUT2D eigenvalue weighted by Crippen LogP contribution is 2.17. The zero-order valence-electron chi connectivity index (χ0n) is 10.1. The Hall–Kier alpha value is -0.750. The first kappa shape index (κ1) is 12.7. The molecule has 2 heterocycles. The molecular formula is C11H18N2O3S. The van der Waals surface area contributed by atoms with Crippen LogP contribution in [-0.2, 0) is 9.53 Å². The van der Waals surface area contributed by atoms with Gasteiger partial charge in [0, 0.05) is 25.4 Å². The van der Waals surface area contributed by atoms with E-state index in [4.69, 9.17) is 4.74 Å². The predicted molar refractivity (Wildman–Crippen MR) is 66.0 cm³/mol. The predicted octanol–water partition coefficient (Wildman–Crippen LogP) is 0.793. The fourth-order valence-electron chi connectivity index (χ4n) is 2.03. The topological polar surface area (TPSA) is 49.9 Å². The molecule has 0 spiro atoms. The number of rotatable bonds is 3. The number of morpholine rings is 1. The molecule has 2 fully saturated rings. The van der Waals surface area contributed by atoms with Crippen molar-refractivity contribution >= 4 is 22.9 Å². The standard InChI is InChI=1S/C11H18N2O3S/c1-2-9-7-12(3-5-16-9)10(14)8-13-4-6-17-11(13)15/h9H,2-8H2,1H3. The van der Waals surface area contributed by atoms with Gasteiger partial charge in [0.1, 0.15) is 6.54 Å². The maximum absolute atomic E-state index is 12.0. The summed E-state index contributed by atoms with van der Waals surface area (Å²) in [4.78, 5) is 26.9. The minimum absolute atomic E-state index is 0.0265. The minimum Gasteiger partial charge on any atom is -0.375 e. The average molecular weight is 258 g/mol. The van der Waals surface area contributed by atoms with Gasteiger partial charge < -0.3 is 14.5 Å². The maximum Gasteiger partial charge on any atom is 0.282 e. The van der Waals surface area contributed by atoms with E-state index in [1.165, 1.54) is 11.8 Å². The fraction of sp³-hybridized carbons (Fsp3) is 0.818. The number of carbonyl (C=O) groups is 2. The lowest BCUT2D eigenvalue weighted by Crippen LogP contribution is -2.48. The monoisotopic (exact) mass is 258 g/mol. The van der Waals surface area contributed by atoms with Crippen LogP contribution in [0.3, 0.4) is 0 Å². The maximum atomic E-state index is 12.0. The van der Waals surface area contributed by atoms with Crippen molar-refractivity contribution in [2.75, 3.05) is 38.5 Å². The Labute approximate surface area is 105 Å². The molecule has 0 aliphatic carbocycles. The molecule has 0 N–H and O–H groups in total. The van der Waals surface area contributed by atoms with Gasteiger partial charge >= 0.3 is 0 Å². The summed E-state index contributed by atoms with van der Waals surface area (Å²) in [5.41, 5.74) is 0. The first-order chi connectivity index (χ1) is 8.20. The normalized spacial score (nSPS) is 25.5. The van der Waals surface area contributed by atoms with E-state index in [1.54, 1.807) is 4.90 Å². The Bertz CT molecular complexity index is 311. The quantitative estimate of drug-likeness (QED) is 0.751. The second-order valence-electron chi connectivity index (χ2n) is 4.28. The molecule has 96 valence electrons. The van der Waals surface area contributed by atoms with Crippen molar-refractivity contribution in [2.24, 2.45) is 0 Å². The Balaban J connectivity index is 1.84. The lowest BCUT2D eigenvalue weighted by molar-refractivity contribution is -0.139. The molecule has 17 heavy (non-hydrogen) atoms. The molecule has 0 aromatic heterocycles. The second-order valence-corrected chi connectivity index (χ2v) is 5.32. The summed E-state index contributed by atoms with van der Waals surface area (Å²) in [6.45, 7) is 4.88. The van der Waals surface area contributed by atoms with Gasteiger partial charge in [-0.2, -0.15) is 0 Å². The largest absolute Gasteiger partial charge is 0.375 e. The number of carbonyl (C=O) groups excluding carboxylic acids is 2. The molecule has 5 nitrogen and oxygen atoms in total. The lowest BCUT2D eigenvalue weighted by Gasteiger charge is -2.33. The highest BCUT2D eigenvalue weighted by molar-refractivity contribution is 8.13. The molecule has 0 bridgehead atoms. The molecule has 1 unspecified atom stereocenters. The number of amides is 2. The number of hydrogen-bond donors (Lipinski definition) is 0. The van der Waals surface area contributed by atoms with Crippen LogP contribution in [-0.4, -0.2) is 65.6 Å². The smallest absolute Gasteiger partial charge is 0.282 e. The molecule has 6 heteroatoms. The molecule has 0 saturated carbocycles. The number of ether oxygens (including phenoxy) is 1. The minimum atomic E-state index is 0.0265. The molecule has 0 radical (unpaired) electrons. The summed E-state index contributed by atoms with van der Waals surface area (Å²) in [6.07, 6.45) is 1.07. The van der Waals surface area contributed by atoms with Crippen molar-refractivity contribution in [3.05, 3.63) is 0 Å². The van der Waals surface area contributed by atoms with Gasteiger partial charge in [0.2, 0.25) is 5.91 Å². The van der Waals surface area contributed by atoms with E-state index in [0.717, 1.165) is 12.2 Å². The van der Waals surface area contributed by atoms with E-state index in [1.807, 2.05) is 4.90 Å². The van der Waals surface area contributed by atoms with E-state index in [0.29, 0.717) is 26.2 Å². The van der Waals surface area contributed by atoms with Crippen LogP contribution in [0.4, 0.5) is 4.79 Å². The SMILES string of the molecule is CCC1CN(C(=O)CN2CCSC2=O)CCO1. The summed E-state index contributed by atoms with van der Waals surface area (Å²) >= 11 is 1.29. The average Bonchev–Trinajstić information content (AvgIpc) is 2.75. The van der Waals surface area contributed by atoms with Gasteiger partial charge in [0.05, 0.1) is 12.7 Å². The summed E-state index contributed by atoms with van der Waals surface area (Å²) in [6, 6.07) is 0. The van der Waals surface area contributed by atoms with Crippen LogP contribution in [0.15, 0.2) is 0 Å². The van der Waals surface area contributed by atoms with Crippen LogP contribution in [0.5, 0.6) is 0 Å². The van der Waals surface area contributed by atoms with E-state index in [-0.39, 0.29) is 23.8 Å². The zero-order valence-corrected chi connectivity index (χ0v) is 10.9. The molecule has 2 amide bonds. The van der Waals surface area contributed by atoms with Crippen LogP contribution in [0.1, 0.15) is 13.3 Å². The number of thioether (sulfide) groups is 1. The Kier molecular flexibility index (Phi) is 4.28. The Morgan fingerprint density at radius 3 is 3.00 bits per heavy atom. The van der Waals surface area contributed by atoms with Gasteiger partial charge in [-0.25, -0.2) is 0 Å². The van der Waals surface area contributed by atoms with Gasteiger partial charge in [-0.3, -0.25) is 9.59 Å².